The Labute approximate surface area is 126 Å². The van der Waals surface area contributed by atoms with Crippen molar-refractivity contribution in [1.82, 2.24) is 25.0 Å². The van der Waals surface area contributed by atoms with Crippen LogP contribution in [0.2, 0.25) is 0 Å². The highest BCUT2D eigenvalue weighted by atomic mass is 16.5. The zero-order chi connectivity index (χ0) is 14.7. The van der Waals surface area contributed by atoms with Crippen molar-refractivity contribution in [3.8, 4) is 0 Å². The lowest BCUT2D eigenvalue weighted by molar-refractivity contribution is -0.0646. The third-order valence-corrected chi connectivity index (χ3v) is 4.73. The first-order valence-corrected chi connectivity index (χ1v) is 8.20. The first-order chi connectivity index (χ1) is 10.3. The van der Waals surface area contributed by atoms with Gasteiger partial charge in [-0.1, -0.05) is 6.92 Å². The van der Waals surface area contributed by atoms with Crippen LogP contribution in [-0.2, 0) is 18.2 Å². The third kappa shape index (κ3) is 3.44. The molecule has 0 spiro atoms. The highest BCUT2D eigenvalue weighted by Crippen LogP contribution is 2.24. The monoisotopic (exact) mass is 293 g/mol. The molecule has 3 rings (SSSR count). The average molecular weight is 293 g/mol. The molecule has 0 radical (unpaired) electrons. The van der Waals surface area contributed by atoms with Gasteiger partial charge in [0.15, 0.2) is 0 Å². The number of nitrogens with one attached hydrogen (secondary N) is 1. The minimum atomic E-state index is 0.252. The van der Waals surface area contributed by atoms with Crippen molar-refractivity contribution < 1.29 is 4.74 Å². The molecule has 0 amide bonds. The normalized spacial score (nSPS) is 27.7. The molecule has 1 aromatic rings. The number of nitrogens with zero attached hydrogens (tertiary/aromatic N) is 4. The Morgan fingerprint density at radius 1 is 1.52 bits per heavy atom. The van der Waals surface area contributed by atoms with Crippen molar-refractivity contribution in [3.05, 3.63) is 12.2 Å². The van der Waals surface area contributed by atoms with Crippen molar-refractivity contribution in [3.63, 3.8) is 0 Å². The summed E-state index contributed by atoms with van der Waals surface area (Å²) in [7, 11) is 1.96. The second-order valence-electron chi connectivity index (χ2n) is 6.23. The Hall–Kier alpha value is -0.980. The van der Waals surface area contributed by atoms with Crippen LogP contribution in [-0.4, -0.2) is 64.1 Å². The van der Waals surface area contributed by atoms with Gasteiger partial charge in [-0.15, -0.1) is 0 Å². The fraction of sp³-hybridized carbons (Fsp3) is 0.867. The van der Waals surface area contributed by atoms with Gasteiger partial charge in [0.05, 0.1) is 12.7 Å². The predicted octanol–water partition coefficient (Wildman–Crippen LogP) is 0.589. The topological polar surface area (TPSA) is 55.2 Å². The minimum absolute atomic E-state index is 0.252. The van der Waals surface area contributed by atoms with Gasteiger partial charge < -0.3 is 10.1 Å². The quantitative estimate of drug-likeness (QED) is 0.832. The summed E-state index contributed by atoms with van der Waals surface area (Å²) in [6, 6.07) is 0.970. The molecule has 0 saturated carbocycles. The number of morpholine rings is 1. The molecule has 21 heavy (non-hydrogen) atoms. The van der Waals surface area contributed by atoms with Crippen molar-refractivity contribution in [2.24, 2.45) is 7.05 Å². The van der Waals surface area contributed by atoms with Gasteiger partial charge in [-0.05, 0) is 32.4 Å². The van der Waals surface area contributed by atoms with Crippen LogP contribution in [0.15, 0.2) is 6.33 Å². The smallest absolute Gasteiger partial charge is 0.138 e. The third-order valence-electron chi connectivity index (χ3n) is 4.73. The number of hydrogen-bond acceptors (Lipinski definition) is 5. The van der Waals surface area contributed by atoms with Gasteiger partial charge in [0.1, 0.15) is 12.2 Å². The SMILES string of the molecule is CCCNC(Cc1ncnn1C)C1CN2CCCC2CO1. The van der Waals surface area contributed by atoms with E-state index in [9.17, 15) is 0 Å². The molecule has 1 N–H and O–H groups in total. The Bertz CT molecular complexity index is 449. The maximum Gasteiger partial charge on any atom is 0.138 e. The molecule has 6 nitrogen and oxygen atoms in total. The fourth-order valence-electron chi connectivity index (χ4n) is 3.45. The van der Waals surface area contributed by atoms with Crippen LogP contribution in [0.1, 0.15) is 32.0 Å². The summed E-state index contributed by atoms with van der Waals surface area (Å²) >= 11 is 0. The zero-order valence-electron chi connectivity index (χ0n) is 13.2. The van der Waals surface area contributed by atoms with Crippen molar-refractivity contribution in [1.29, 1.82) is 0 Å². The Morgan fingerprint density at radius 2 is 2.43 bits per heavy atom. The van der Waals surface area contributed by atoms with E-state index in [2.05, 4.69) is 27.2 Å². The van der Waals surface area contributed by atoms with Crippen LogP contribution >= 0.6 is 0 Å². The zero-order valence-corrected chi connectivity index (χ0v) is 13.2. The first-order valence-electron chi connectivity index (χ1n) is 8.20. The van der Waals surface area contributed by atoms with Gasteiger partial charge in [-0.2, -0.15) is 5.10 Å². The molecule has 2 aliphatic rings. The lowest BCUT2D eigenvalue weighted by Crippen LogP contribution is -2.55. The average Bonchev–Trinajstić information content (AvgIpc) is 3.11. The van der Waals surface area contributed by atoms with Crippen LogP contribution in [0.3, 0.4) is 0 Å². The lowest BCUT2D eigenvalue weighted by Gasteiger charge is -2.39. The van der Waals surface area contributed by atoms with Gasteiger partial charge in [-0.25, -0.2) is 4.98 Å². The number of aromatic nitrogens is 3. The van der Waals surface area contributed by atoms with Crippen molar-refractivity contribution in [2.45, 2.75) is 50.8 Å². The summed E-state index contributed by atoms with van der Waals surface area (Å²) in [5, 5.41) is 7.83. The largest absolute Gasteiger partial charge is 0.374 e. The van der Waals surface area contributed by atoms with E-state index in [-0.39, 0.29) is 6.10 Å². The van der Waals surface area contributed by atoms with E-state index in [4.69, 9.17) is 4.74 Å². The van der Waals surface area contributed by atoms with E-state index in [0.717, 1.165) is 38.4 Å². The molecule has 3 atom stereocenters. The molecule has 2 saturated heterocycles. The van der Waals surface area contributed by atoms with Crippen molar-refractivity contribution in [2.75, 3.05) is 26.2 Å². The second-order valence-corrected chi connectivity index (χ2v) is 6.23. The van der Waals surface area contributed by atoms with E-state index in [1.54, 1.807) is 6.33 Å². The van der Waals surface area contributed by atoms with Gasteiger partial charge in [0.25, 0.3) is 0 Å². The molecule has 2 aliphatic heterocycles. The van der Waals surface area contributed by atoms with Crippen LogP contribution in [0, 0.1) is 0 Å². The molecule has 3 unspecified atom stereocenters. The van der Waals surface area contributed by atoms with Gasteiger partial charge in [0, 0.05) is 32.1 Å². The lowest BCUT2D eigenvalue weighted by atomic mass is 10.0. The maximum absolute atomic E-state index is 6.18. The molecule has 6 heteroatoms. The number of ether oxygens (including phenoxy) is 1. The van der Waals surface area contributed by atoms with Crippen LogP contribution in [0.4, 0.5) is 0 Å². The van der Waals surface area contributed by atoms with E-state index in [0.29, 0.717) is 12.1 Å². The minimum Gasteiger partial charge on any atom is -0.374 e. The van der Waals surface area contributed by atoms with Crippen LogP contribution in [0.5, 0.6) is 0 Å². The van der Waals surface area contributed by atoms with Gasteiger partial charge in [-0.3, -0.25) is 9.58 Å². The summed E-state index contributed by atoms with van der Waals surface area (Å²) in [4.78, 5) is 6.97. The number of aryl methyl sites for hydroxylation is 1. The summed E-state index contributed by atoms with van der Waals surface area (Å²) in [6.07, 6.45) is 6.50. The molecular weight excluding hydrogens is 266 g/mol. The Kier molecular flexibility index (Phi) is 4.87. The number of rotatable bonds is 6. The van der Waals surface area contributed by atoms with Crippen LogP contribution in [0.25, 0.3) is 0 Å². The molecule has 2 fully saturated rings. The molecule has 1 aromatic heterocycles. The predicted molar refractivity (Wildman–Crippen MR) is 81.1 cm³/mol. The molecule has 0 bridgehead atoms. The van der Waals surface area contributed by atoms with E-state index in [1.165, 1.54) is 19.4 Å². The summed E-state index contributed by atoms with van der Waals surface area (Å²) in [5.74, 6) is 1.02. The molecule has 3 heterocycles. The summed E-state index contributed by atoms with van der Waals surface area (Å²) in [5.41, 5.74) is 0. The van der Waals surface area contributed by atoms with E-state index < -0.39 is 0 Å². The van der Waals surface area contributed by atoms with Gasteiger partial charge in [0.2, 0.25) is 0 Å². The van der Waals surface area contributed by atoms with Gasteiger partial charge >= 0.3 is 0 Å². The Balaban J connectivity index is 1.65. The van der Waals surface area contributed by atoms with E-state index >= 15 is 0 Å². The number of hydrogen-bond donors (Lipinski definition) is 1. The molecule has 0 aromatic carbocycles. The van der Waals surface area contributed by atoms with Crippen LogP contribution < -0.4 is 5.32 Å². The van der Waals surface area contributed by atoms with Crippen molar-refractivity contribution >= 4 is 0 Å². The standard InChI is InChI=1S/C15H27N5O/c1-3-6-16-13(8-15-17-11-18-19(15)2)14-9-20-7-4-5-12(20)10-21-14/h11-14,16H,3-10H2,1-2H3. The summed E-state index contributed by atoms with van der Waals surface area (Å²) in [6.45, 7) is 6.38. The molecular formula is C15H27N5O. The fourth-order valence-corrected chi connectivity index (χ4v) is 3.45. The first kappa shape index (κ1) is 14.9. The highest BCUT2D eigenvalue weighted by Gasteiger charge is 2.36. The Morgan fingerprint density at radius 3 is 3.19 bits per heavy atom. The molecule has 0 aliphatic carbocycles. The van der Waals surface area contributed by atoms with E-state index in [1.807, 2.05) is 11.7 Å². The highest BCUT2D eigenvalue weighted by molar-refractivity contribution is 4.96. The number of fused-ring (bicyclic) bond motifs is 1. The summed E-state index contributed by atoms with van der Waals surface area (Å²) < 4.78 is 8.04. The second kappa shape index (κ2) is 6.85. The maximum atomic E-state index is 6.18. The molecule has 118 valence electrons.